The van der Waals surface area contributed by atoms with Crippen molar-refractivity contribution in [1.82, 2.24) is 0 Å². The summed E-state index contributed by atoms with van der Waals surface area (Å²) in [5.74, 6) is -0.0661. The Morgan fingerprint density at radius 3 is 2.68 bits per heavy atom. The molecule has 0 atom stereocenters. The van der Waals surface area contributed by atoms with Crippen molar-refractivity contribution in [3.05, 3.63) is 75.8 Å². The molecular formula is C16H10BrNO. The SMILES string of the molecule is N#Cc1cccc(/C=C/C(=O)c2cccc(Br)c2)c1. The van der Waals surface area contributed by atoms with E-state index < -0.39 is 0 Å². The molecule has 92 valence electrons. The highest BCUT2D eigenvalue weighted by Gasteiger charge is 2.01. The van der Waals surface area contributed by atoms with Gasteiger partial charge in [-0.1, -0.05) is 46.3 Å². The summed E-state index contributed by atoms with van der Waals surface area (Å²) < 4.78 is 0.873. The first-order valence-corrected chi connectivity index (χ1v) is 6.46. The van der Waals surface area contributed by atoms with E-state index in [9.17, 15) is 4.79 Å². The second kappa shape index (κ2) is 6.12. The lowest BCUT2D eigenvalue weighted by molar-refractivity contribution is 0.104. The van der Waals surface area contributed by atoms with Gasteiger partial charge in [0, 0.05) is 10.0 Å². The van der Waals surface area contributed by atoms with Crippen LogP contribution in [0.5, 0.6) is 0 Å². The molecule has 0 unspecified atom stereocenters. The molecule has 2 nitrogen and oxygen atoms in total. The van der Waals surface area contributed by atoms with E-state index in [-0.39, 0.29) is 5.78 Å². The van der Waals surface area contributed by atoms with Crippen LogP contribution in [0.4, 0.5) is 0 Å². The molecule has 0 aliphatic carbocycles. The van der Waals surface area contributed by atoms with Crippen LogP contribution in [0.3, 0.4) is 0 Å². The summed E-state index contributed by atoms with van der Waals surface area (Å²) in [4.78, 5) is 12.0. The average Bonchev–Trinajstić information content (AvgIpc) is 2.45. The Morgan fingerprint density at radius 2 is 1.95 bits per heavy atom. The van der Waals surface area contributed by atoms with E-state index >= 15 is 0 Å². The van der Waals surface area contributed by atoms with E-state index in [1.54, 1.807) is 36.4 Å². The minimum absolute atomic E-state index is 0.0661. The Hall–Kier alpha value is -2.18. The van der Waals surface area contributed by atoms with Gasteiger partial charge in [0.2, 0.25) is 0 Å². The van der Waals surface area contributed by atoms with Crippen LogP contribution in [0, 0.1) is 11.3 Å². The van der Waals surface area contributed by atoms with Gasteiger partial charge in [-0.05, 0) is 35.9 Å². The van der Waals surface area contributed by atoms with Crippen LogP contribution in [0.2, 0.25) is 0 Å². The van der Waals surface area contributed by atoms with E-state index in [0.717, 1.165) is 10.0 Å². The molecule has 0 radical (unpaired) electrons. The Morgan fingerprint density at radius 1 is 1.16 bits per heavy atom. The second-order valence-electron chi connectivity index (χ2n) is 3.95. The van der Waals surface area contributed by atoms with Gasteiger partial charge < -0.3 is 0 Å². The number of hydrogen-bond donors (Lipinski definition) is 0. The van der Waals surface area contributed by atoms with E-state index in [1.807, 2.05) is 18.2 Å². The fraction of sp³-hybridized carbons (Fsp3) is 0. The normalized spacial score (nSPS) is 10.3. The van der Waals surface area contributed by atoms with Gasteiger partial charge in [0.25, 0.3) is 0 Å². The minimum Gasteiger partial charge on any atom is -0.289 e. The third kappa shape index (κ3) is 3.64. The van der Waals surface area contributed by atoms with Gasteiger partial charge in [0.1, 0.15) is 0 Å². The zero-order chi connectivity index (χ0) is 13.7. The van der Waals surface area contributed by atoms with Gasteiger partial charge in [-0.3, -0.25) is 4.79 Å². The van der Waals surface area contributed by atoms with Gasteiger partial charge in [-0.15, -0.1) is 0 Å². The average molecular weight is 312 g/mol. The van der Waals surface area contributed by atoms with E-state index in [0.29, 0.717) is 11.1 Å². The van der Waals surface area contributed by atoms with Gasteiger partial charge >= 0.3 is 0 Å². The summed E-state index contributed by atoms with van der Waals surface area (Å²) in [5.41, 5.74) is 2.04. The third-order valence-corrected chi connectivity index (χ3v) is 3.05. The molecule has 2 aromatic rings. The van der Waals surface area contributed by atoms with Crippen LogP contribution in [-0.4, -0.2) is 5.78 Å². The molecule has 3 heteroatoms. The summed E-state index contributed by atoms with van der Waals surface area (Å²) in [7, 11) is 0. The van der Waals surface area contributed by atoms with Crippen molar-refractivity contribution >= 4 is 27.8 Å². The largest absolute Gasteiger partial charge is 0.289 e. The van der Waals surface area contributed by atoms with Crippen molar-refractivity contribution in [3.8, 4) is 6.07 Å². The summed E-state index contributed by atoms with van der Waals surface area (Å²) >= 11 is 3.33. The first-order chi connectivity index (χ1) is 9.19. The predicted octanol–water partition coefficient (Wildman–Crippen LogP) is 4.22. The quantitative estimate of drug-likeness (QED) is 0.629. The van der Waals surface area contributed by atoms with Gasteiger partial charge in [0.15, 0.2) is 5.78 Å². The van der Waals surface area contributed by atoms with Crippen molar-refractivity contribution in [2.45, 2.75) is 0 Å². The molecule has 19 heavy (non-hydrogen) atoms. The Balaban J connectivity index is 2.18. The summed E-state index contributed by atoms with van der Waals surface area (Å²) in [5, 5.41) is 8.80. The lowest BCUT2D eigenvalue weighted by Crippen LogP contribution is -1.93. The predicted molar refractivity (Wildman–Crippen MR) is 78.7 cm³/mol. The molecule has 0 bridgehead atoms. The third-order valence-electron chi connectivity index (χ3n) is 2.55. The first-order valence-electron chi connectivity index (χ1n) is 5.67. The Bertz CT molecular complexity index is 683. The smallest absolute Gasteiger partial charge is 0.185 e. The fourth-order valence-electron chi connectivity index (χ4n) is 1.62. The molecule has 0 N–H and O–H groups in total. The number of rotatable bonds is 3. The summed E-state index contributed by atoms with van der Waals surface area (Å²) in [6, 6.07) is 16.4. The van der Waals surface area contributed by atoms with Gasteiger partial charge in [-0.25, -0.2) is 0 Å². The Kier molecular flexibility index (Phi) is 4.27. The van der Waals surface area contributed by atoms with E-state index in [1.165, 1.54) is 6.08 Å². The molecule has 2 rings (SSSR count). The van der Waals surface area contributed by atoms with Gasteiger partial charge in [0.05, 0.1) is 11.6 Å². The standard InChI is InChI=1S/C16H10BrNO/c17-15-6-2-5-14(10-15)16(19)8-7-12-3-1-4-13(9-12)11-18/h1-10H/b8-7+. The van der Waals surface area contributed by atoms with Crippen LogP contribution >= 0.6 is 15.9 Å². The van der Waals surface area contributed by atoms with Crippen LogP contribution < -0.4 is 0 Å². The number of hydrogen-bond acceptors (Lipinski definition) is 2. The summed E-state index contributed by atoms with van der Waals surface area (Å²) in [6.07, 6.45) is 3.22. The van der Waals surface area contributed by atoms with Crippen LogP contribution in [0.1, 0.15) is 21.5 Å². The van der Waals surface area contributed by atoms with E-state index in [2.05, 4.69) is 22.0 Å². The molecule has 0 amide bonds. The molecule has 0 saturated carbocycles. The lowest BCUT2D eigenvalue weighted by atomic mass is 10.1. The molecule has 0 fully saturated rings. The second-order valence-corrected chi connectivity index (χ2v) is 4.86. The molecule has 0 saturated heterocycles. The number of halogens is 1. The maximum atomic E-state index is 12.0. The fourth-order valence-corrected chi connectivity index (χ4v) is 2.02. The maximum absolute atomic E-state index is 12.0. The van der Waals surface area contributed by atoms with Crippen LogP contribution in [-0.2, 0) is 0 Å². The molecule has 0 aliphatic rings. The number of nitrogens with zero attached hydrogens (tertiary/aromatic N) is 1. The zero-order valence-electron chi connectivity index (χ0n) is 10.0. The molecular weight excluding hydrogens is 302 g/mol. The number of carbonyl (C=O) groups excluding carboxylic acids is 1. The topological polar surface area (TPSA) is 40.9 Å². The molecule has 0 spiro atoms. The number of nitriles is 1. The zero-order valence-corrected chi connectivity index (χ0v) is 11.6. The molecule has 0 heterocycles. The molecule has 2 aromatic carbocycles. The van der Waals surface area contributed by atoms with Crippen molar-refractivity contribution in [3.63, 3.8) is 0 Å². The van der Waals surface area contributed by atoms with Crippen LogP contribution in [0.15, 0.2) is 59.1 Å². The molecule has 0 aliphatic heterocycles. The highest BCUT2D eigenvalue weighted by atomic mass is 79.9. The lowest BCUT2D eigenvalue weighted by Gasteiger charge is -1.97. The maximum Gasteiger partial charge on any atom is 0.185 e. The van der Waals surface area contributed by atoms with E-state index in [4.69, 9.17) is 5.26 Å². The number of carbonyl (C=O) groups is 1. The Labute approximate surface area is 120 Å². The van der Waals surface area contributed by atoms with Crippen molar-refractivity contribution in [1.29, 1.82) is 5.26 Å². The number of allylic oxidation sites excluding steroid dienone is 1. The van der Waals surface area contributed by atoms with Gasteiger partial charge in [-0.2, -0.15) is 5.26 Å². The first kappa shape index (κ1) is 13.3. The van der Waals surface area contributed by atoms with Crippen molar-refractivity contribution in [2.75, 3.05) is 0 Å². The van der Waals surface area contributed by atoms with Crippen molar-refractivity contribution < 1.29 is 4.79 Å². The van der Waals surface area contributed by atoms with Crippen LogP contribution in [0.25, 0.3) is 6.08 Å². The van der Waals surface area contributed by atoms with Crippen molar-refractivity contribution in [2.24, 2.45) is 0 Å². The monoisotopic (exact) mass is 311 g/mol. The summed E-state index contributed by atoms with van der Waals surface area (Å²) in [6.45, 7) is 0. The number of ketones is 1. The highest BCUT2D eigenvalue weighted by Crippen LogP contribution is 2.13. The minimum atomic E-state index is -0.0661. The number of benzene rings is 2. The molecule has 0 aromatic heterocycles. The highest BCUT2D eigenvalue weighted by molar-refractivity contribution is 9.10.